The summed E-state index contributed by atoms with van der Waals surface area (Å²) in [7, 11) is 0. The molecule has 0 bridgehead atoms. The van der Waals surface area contributed by atoms with E-state index in [-0.39, 0.29) is 23.1 Å². The maximum atomic E-state index is 13.2. The first-order valence-electron chi connectivity index (χ1n) is 9.40. The highest BCUT2D eigenvalue weighted by Gasteiger charge is 2.35. The summed E-state index contributed by atoms with van der Waals surface area (Å²) in [5.41, 5.74) is -0.464. The molecule has 0 amide bonds. The Balaban J connectivity index is 1.51. The number of hydrogen-bond acceptors (Lipinski definition) is 4. The zero-order valence-corrected chi connectivity index (χ0v) is 18.0. The fourth-order valence-corrected chi connectivity index (χ4v) is 3.94. The number of benzene rings is 3. The maximum absolute atomic E-state index is 13.2. The lowest BCUT2D eigenvalue weighted by Gasteiger charge is -2.11. The molecular formula is C23H16ClF3N2O2S. The Hall–Kier alpha value is -3.10. The molecule has 32 heavy (non-hydrogen) atoms. The average Bonchev–Trinajstić information content (AvgIpc) is 3.20. The third-order valence-electron chi connectivity index (χ3n) is 4.44. The van der Waals surface area contributed by atoms with Gasteiger partial charge in [-0.05, 0) is 66.7 Å². The van der Waals surface area contributed by atoms with E-state index in [0.29, 0.717) is 11.4 Å². The van der Waals surface area contributed by atoms with E-state index in [2.05, 4.69) is 5.10 Å². The predicted octanol–water partition coefficient (Wildman–Crippen LogP) is 6.98. The second-order valence-electron chi connectivity index (χ2n) is 6.74. The zero-order chi connectivity index (χ0) is 22.7. The second kappa shape index (κ2) is 9.18. The molecule has 1 aromatic heterocycles. The zero-order valence-electron chi connectivity index (χ0n) is 16.4. The molecule has 3 aromatic carbocycles. The number of aromatic nitrogens is 2. The molecule has 4 rings (SSSR count). The molecule has 4 nitrogen and oxygen atoms in total. The van der Waals surface area contributed by atoms with Crippen LogP contribution in [0.25, 0.3) is 5.69 Å². The molecule has 0 aliphatic heterocycles. The van der Waals surface area contributed by atoms with Gasteiger partial charge >= 0.3 is 6.18 Å². The maximum Gasteiger partial charge on any atom is 0.435 e. The Labute approximate surface area is 191 Å². The van der Waals surface area contributed by atoms with Gasteiger partial charge in [0.2, 0.25) is 0 Å². The molecule has 0 aliphatic rings. The van der Waals surface area contributed by atoms with Crippen molar-refractivity contribution in [3.63, 3.8) is 0 Å². The van der Waals surface area contributed by atoms with Crippen molar-refractivity contribution in [2.45, 2.75) is 22.6 Å². The summed E-state index contributed by atoms with van der Waals surface area (Å²) in [6, 6.07) is 21.5. The van der Waals surface area contributed by atoms with Crippen molar-refractivity contribution in [3.8, 4) is 17.2 Å². The summed E-state index contributed by atoms with van der Waals surface area (Å²) in [4.78, 5) is 1.91. The van der Waals surface area contributed by atoms with Gasteiger partial charge in [-0.2, -0.15) is 18.3 Å². The molecule has 1 heterocycles. The van der Waals surface area contributed by atoms with Crippen LogP contribution in [0.4, 0.5) is 13.2 Å². The average molecular weight is 477 g/mol. The van der Waals surface area contributed by atoms with Gasteiger partial charge < -0.3 is 9.84 Å². The number of alkyl halides is 3. The third-order valence-corrected chi connectivity index (χ3v) is 5.77. The quantitative estimate of drug-likeness (QED) is 0.326. The fraction of sp³-hybridized carbons (Fsp3) is 0.0870. The van der Waals surface area contributed by atoms with Gasteiger partial charge in [0.15, 0.2) is 5.69 Å². The highest BCUT2D eigenvalue weighted by molar-refractivity contribution is 7.99. The van der Waals surface area contributed by atoms with Crippen molar-refractivity contribution in [3.05, 3.63) is 95.3 Å². The summed E-state index contributed by atoms with van der Waals surface area (Å²) in [5, 5.41) is 13.3. The topological polar surface area (TPSA) is 47.3 Å². The molecule has 0 radical (unpaired) electrons. The number of nitrogens with zero attached hydrogens (tertiary/aromatic N) is 2. The van der Waals surface area contributed by atoms with Crippen molar-refractivity contribution in [1.82, 2.24) is 9.78 Å². The number of halogens is 4. The number of ether oxygens (including phenoxy) is 1. The highest BCUT2D eigenvalue weighted by Crippen LogP contribution is 2.32. The molecule has 164 valence electrons. The Morgan fingerprint density at radius 3 is 2.19 bits per heavy atom. The highest BCUT2D eigenvalue weighted by atomic mass is 35.5. The van der Waals surface area contributed by atoms with Crippen LogP contribution in [0, 0.1) is 0 Å². The van der Waals surface area contributed by atoms with Crippen LogP contribution in [0.5, 0.6) is 11.5 Å². The van der Waals surface area contributed by atoms with Crippen molar-refractivity contribution in [1.29, 1.82) is 0 Å². The van der Waals surface area contributed by atoms with Crippen LogP contribution >= 0.6 is 23.4 Å². The molecule has 0 aliphatic carbocycles. The third kappa shape index (κ3) is 5.20. The van der Waals surface area contributed by atoms with Gasteiger partial charge in [-0.3, -0.25) is 0 Å². The number of aromatic hydroxyl groups is 1. The van der Waals surface area contributed by atoms with Gasteiger partial charge in [-0.25, -0.2) is 4.68 Å². The monoisotopic (exact) mass is 476 g/mol. The van der Waals surface area contributed by atoms with Crippen molar-refractivity contribution >= 4 is 23.4 Å². The molecule has 0 unspecified atom stereocenters. The number of para-hydroxylation sites is 1. The van der Waals surface area contributed by atoms with Crippen LogP contribution < -0.4 is 4.74 Å². The minimum atomic E-state index is -4.59. The molecular weight excluding hydrogens is 461 g/mol. The summed E-state index contributed by atoms with van der Waals surface area (Å²) >= 11 is 7.67. The first kappa shape index (κ1) is 22.1. The van der Waals surface area contributed by atoms with Crippen LogP contribution in [-0.2, 0) is 12.8 Å². The van der Waals surface area contributed by atoms with Gasteiger partial charge in [0.05, 0.1) is 16.4 Å². The summed E-state index contributed by atoms with van der Waals surface area (Å²) in [6.07, 6.45) is -4.59. The first-order valence-corrected chi connectivity index (χ1v) is 10.6. The van der Waals surface area contributed by atoms with E-state index in [0.717, 1.165) is 20.5 Å². The smallest absolute Gasteiger partial charge is 0.435 e. The number of phenolic OH excluding ortho intramolecular Hbond substituents is 1. The Morgan fingerprint density at radius 2 is 1.56 bits per heavy atom. The van der Waals surface area contributed by atoms with Crippen LogP contribution in [0.15, 0.2) is 88.7 Å². The van der Waals surface area contributed by atoms with Crippen molar-refractivity contribution < 1.29 is 23.0 Å². The summed E-state index contributed by atoms with van der Waals surface area (Å²) in [6.45, 7) is -0.126. The first-order chi connectivity index (χ1) is 15.3. The van der Waals surface area contributed by atoms with Crippen LogP contribution in [0.3, 0.4) is 0 Å². The Bertz CT molecular complexity index is 1210. The molecule has 0 atom stereocenters. The van der Waals surface area contributed by atoms with Gasteiger partial charge in [0.25, 0.3) is 0 Å². The van der Waals surface area contributed by atoms with E-state index >= 15 is 0 Å². The standard InChI is InChI=1S/C23H16ClF3N2O2S/c24-20-3-1-2-4-21(20)29-15(13-22(28-29)23(25,26)27)14-31-17-7-11-19(12-8-17)32-18-9-5-16(30)6-10-18/h1-13,30H,14H2. The van der Waals surface area contributed by atoms with Crippen LogP contribution in [-0.4, -0.2) is 14.9 Å². The minimum Gasteiger partial charge on any atom is -0.508 e. The fourth-order valence-electron chi connectivity index (χ4n) is 2.90. The van der Waals surface area contributed by atoms with E-state index in [1.807, 2.05) is 12.1 Å². The van der Waals surface area contributed by atoms with E-state index < -0.39 is 11.9 Å². The van der Waals surface area contributed by atoms with Gasteiger partial charge in [0.1, 0.15) is 18.1 Å². The predicted molar refractivity (Wildman–Crippen MR) is 117 cm³/mol. The molecule has 1 N–H and O–H groups in total. The number of phenols is 1. The van der Waals surface area contributed by atoms with Gasteiger partial charge in [-0.15, -0.1) is 0 Å². The van der Waals surface area contributed by atoms with Crippen LogP contribution in [0.2, 0.25) is 5.02 Å². The lowest BCUT2D eigenvalue weighted by Crippen LogP contribution is -2.08. The molecule has 9 heteroatoms. The normalized spacial score (nSPS) is 11.5. The largest absolute Gasteiger partial charge is 0.508 e. The lowest BCUT2D eigenvalue weighted by molar-refractivity contribution is -0.141. The lowest BCUT2D eigenvalue weighted by atomic mass is 10.3. The molecule has 4 aromatic rings. The Morgan fingerprint density at radius 1 is 0.938 bits per heavy atom. The molecule has 0 spiro atoms. The summed E-state index contributed by atoms with van der Waals surface area (Å²) < 4.78 is 46.6. The molecule has 0 fully saturated rings. The van der Waals surface area contributed by atoms with E-state index in [9.17, 15) is 18.3 Å². The van der Waals surface area contributed by atoms with E-state index in [1.54, 1.807) is 60.7 Å². The van der Waals surface area contributed by atoms with Crippen molar-refractivity contribution in [2.75, 3.05) is 0 Å². The van der Waals surface area contributed by atoms with Gasteiger partial charge in [-0.1, -0.05) is 35.5 Å². The second-order valence-corrected chi connectivity index (χ2v) is 8.29. The Kier molecular flexibility index (Phi) is 6.34. The number of rotatable bonds is 6. The van der Waals surface area contributed by atoms with E-state index in [1.165, 1.54) is 11.8 Å². The van der Waals surface area contributed by atoms with Crippen LogP contribution in [0.1, 0.15) is 11.4 Å². The molecule has 0 saturated carbocycles. The SMILES string of the molecule is Oc1ccc(Sc2ccc(OCc3cc(C(F)(F)F)nn3-c3ccccc3Cl)cc2)cc1. The van der Waals surface area contributed by atoms with Crippen molar-refractivity contribution in [2.24, 2.45) is 0 Å². The summed E-state index contributed by atoms with van der Waals surface area (Å²) in [5.74, 6) is 0.698. The molecule has 0 saturated heterocycles. The minimum absolute atomic E-state index is 0.126. The number of hydrogen-bond donors (Lipinski definition) is 1. The van der Waals surface area contributed by atoms with Gasteiger partial charge in [0, 0.05) is 9.79 Å². The van der Waals surface area contributed by atoms with E-state index in [4.69, 9.17) is 16.3 Å².